The zero-order valence-corrected chi connectivity index (χ0v) is 12.0. The number of halogens is 1. The average Bonchev–Trinajstić information content (AvgIpc) is 2.22. The first-order valence-electron chi connectivity index (χ1n) is 6.47. The Balaban J connectivity index is 2.89. The third-order valence-corrected chi connectivity index (χ3v) is 3.74. The van der Waals surface area contributed by atoms with Crippen LogP contribution in [-0.4, -0.2) is 0 Å². The van der Waals surface area contributed by atoms with Crippen LogP contribution in [0.1, 0.15) is 51.3 Å². The van der Waals surface area contributed by atoms with E-state index in [1.807, 2.05) is 13.0 Å². The van der Waals surface area contributed by atoms with Gasteiger partial charge in [0.1, 0.15) is 5.82 Å². The van der Waals surface area contributed by atoms with Crippen molar-refractivity contribution in [3.63, 3.8) is 0 Å². The highest BCUT2D eigenvalue weighted by Crippen LogP contribution is 2.33. The predicted octanol–water partition coefficient (Wildman–Crippen LogP) is 3.71. The third-order valence-electron chi connectivity index (χ3n) is 3.74. The summed E-state index contributed by atoms with van der Waals surface area (Å²) in [6, 6.07) is 5.08. The van der Waals surface area contributed by atoms with E-state index in [0.717, 1.165) is 17.5 Å². The maximum Gasteiger partial charge on any atom is 0.123 e. The molecule has 3 N–H and O–H groups in total. The lowest BCUT2D eigenvalue weighted by molar-refractivity contribution is 0.223. The van der Waals surface area contributed by atoms with Crippen LogP contribution >= 0.6 is 0 Å². The Morgan fingerprint density at radius 1 is 1.28 bits per heavy atom. The first-order valence-corrected chi connectivity index (χ1v) is 6.47. The van der Waals surface area contributed by atoms with Gasteiger partial charge < -0.3 is 0 Å². The van der Waals surface area contributed by atoms with Crippen molar-refractivity contribution in [2.75, 3.05) is 0 Å². The molecular weight excluding hydrogens is 227 g/mol. The third kappa shape index (κ3) is 4.07. The molecule has 0 saturated heterocycles. The molecule has 0 aromatic heterocycles. The predicted molar refractivity (Wildman–Crippen MR) is 74.4 cm³/mol. The normalized spacial score (nSPS) is 15.5. The number of nitrogens with one attached hydrogen (secondary N) is 1. The summed E-state index contributed by atoms with van der Waals surface area (Å²) in [7, 11) is 0. The molecule has 0 fully saturated rings. The fourth-order valence-corrected chi connectivity index (χ4v) is 1.97. The van der Waals surface area contributed by atoms with Gasteiger partial charge in [-0.1, -0.05) is 33.8 Å². The van der Waals surface area contributed by atoms with Gasteiger partial charge in [-0.2, -0.15) is 0 Å². The lowest BCUT2D eigenvalue weighted by Gasteiger charge is -2.30. The molecule has 1 aromatic carbocycles. The van der Waals surface area contributed by atoms with E-state index in [-0.39, 0.29) is 17.3 Å². The van der Waals surface area contributed by atoms with Crippen LogP contribution in [0.15, 0.2) is 18.2 Å². The van der Waals surface area contributed by atoms with Crippen molar-refractivity contribution < 1.29 is 4.39 Å². The van der Waals surface area contributed by atoms with Gasteiger partial charge in [-0.05, 0) is 47.9 Å². The van der Waals surface area contributed by atoms with Crippen LogP contribution in [-0.2, 0) is 0 Å². The summed E-state index contributed by atoms with van der Waals surface area (Å²) < 4.78 is 13.4. The lowest BCUT2D eigenvalue weighted by atomic mass is 9.77. The molecule has 0 saturated carbocycles. The second-order valence-corrected chi connectivity index (χ2v) is 6.28. The lowest BCUT2D eigenvalue weighted by Crippen LogP contribution is -2.32. The highest BCUT2D eigenvalue weighted by atomic mass is 19.1. The minimum Gasteiger partial charge on any atom is -0.271 e. The maximum absolute atomic E-state index is 13.4. The van der Waals surface area contributed by atoms with Crippen LogP contribution in [0.25, 0.3) is 0 Å². The Hall–Kier alpha value is -0.930. The van der Waals surface area contributed by atoms with Crippen LogP contribution < -0.4 is 11.3 Å². The van der Waals surface area contributed by atoms with Crippen molar-refractivity contribution in [3.8, 4) is 0 Å². The van der Waals surface area contributed by atoms with E-state index in [4.69, 9.17) is 5.84 Å². The zero-order valence-electron chi connectivity index (χ0n) is 12.0. The summed E-state index contributed by atoms with van der Waals surface area (Å²) in [5.41, 5.74) is 4.88. The Bertz CT molecular complexity index is 376. The minimum atomic E-state index is -0.200. The molecule has 0 aliphatic carbocycles. The van der Waals surface area contributed by atoms with Crippen molar-refractivity contribution in [3.05, 3.63) is 35.1 Å². The summed E-state index contributed by atoms with van der Waals surface area (Å²) in [6.07, 6.45) is 0.892. The van der Waals surface area contributed by atoms with Crippen molar-refractivity contribution in [2.45, 2.75) is 47.1 Å². The molecule has 0 spiro atoms. The van der Waals surface area contributed by atoms with Gasteiger partial charge in [0, 0.05) is 6.04 Å². The molecule has 2 nitrogen and oxygen atoms in total. The number of aryl methyl sites for hydroxylation is 1. The molecule has 18 heavy (non-hydrogen) atoms. The monoisotopic (exact) mass is 252 g/mol. The smallest absolute Gasteiger partial charge is 0.123 e. The quantitative estimate of drug-likeness (QED) is 0.633. The van der Waals surface area contributed by atoms with Crippen molar-refractivity contribution in [1.82, 2.24) is 5.43 Å². The number of rotatable bonds is 4. The first kappa shape index (κ1) is 15.1. The van der Waals surface area contributed by atoms with Gasteiger partial charge in [-0.3, -0.25) is 11.3 Å². The van der Waals surface area contributed by atoms with Gasteiger partial charge in [0.15, 0.2) is 0 Å². The maximum atomic E-state index is 13.4. The van der Waals surface area contributed by atoms with E-state index < -0.39 is 0 Å². The number of benzene rings is 1. The summed E-state index contributed by atoms with van der Waals surface area (Å²) in [4.78, 5) is 0. The fraction of sp³-hybridized carbons (Fsp3) is 0.600. The van der Waals surface area contributed by atoms with E-state index in [9.17, 15) is 4.39 Å². The topological polar surface area (TPSA) is 38.0 Å². The Morgan fingerprint density at radius 2 is 1.89 bits per heavy atom. The van der Waals surface area contributed by atoms with Gasteiger partial charge in [-0.15, -0.1) is 0 Å². The average molecular weight is 252 g/mol. The molecule has 1 aromatic rings. The number of hydrogen-bond donors (Lipinski definition) is 2. The summed E-state index contributed by atoms with van der Waals surface area (Å²) >= 11 is 0. The van der Waals surface area contributed by atoms with Crippen LogP contribution in [0.4, 0.5) is 4.39 Å². The molecule has 0 aliphatic rings. The highest BCUT2D eigenvalue weighted by Gasteiger charge is 2.24. The van der Waals surface area contributed by atoms with Crippen molar-refractivity contribution >= 4 is 0 Å². The van der Waals surface area contributed by atoms with Crippen molar-refractivity contribution in [1.29, 1.82) is 0 Å². The van der Waals surface area contributed by atoms with Crippen LogP contribution in [0, 0.1) is 24.1 Å². The largest absolute Gasteiger partial charge is 0.271 e. The molecular formula is C15H25FN2. The van der Waals surface area contributed by atoms with E-state index >= 15 is 0 Å². The molecule has 0 bridgehead atoms. The molecule has 0 heterocycles. The van der Waals surface area contributed by atoms with E-state index in [0.29, 0.717) is 5.92 Å². The molecule has 3 heteroatoms. The van der Waals surface area contributed by atoms with Gasteiger partial charge >= 0.3 is 0 Å². The standard InChI is InChI=1S/C15H25FN2/c1-10-6-12(9-13(16)7-10)14(18-17)8-11(2)15(3,4)5/h6-7,9,11,14,18H,8,17H2,1-5H3. The van der Waals surface area contributed by atoms with Gasteiger partial charge in [0.05, 0.1) is 0 Å². The van der Waals surface area contributed by atoms with E-state index in [1.54, 1.807) is 6.07 Å². The second-order valence-electron chi connectivity index (χ2n) is 6.28. The molecule has 0 aliphatic heterocycles. The summed E-state index contributed by atoms with van der Waals surface area (Å²) in [5.74, 6) is 5.91. The number of nitrogens with two attached hydrogens (primary N) is 1. The first-order chi connectivity index (χ1) is 8.24. The van der Waals surface area contributed by atoms with Crippen LogP contribution in [0.3, 0.4) is 0 Å². The van der Waals surface area contributed by atoms with E-state index in [1.165, 1.54) is 6.07 Å². The SMILES string of the molecule is Cc1cc(F)cc(C(CC(C)C(C)(C)C)NN)c1. The minimum absolute atomic E-state index is 0.00590. The summed E-state index contributed by atoms with van der Waals surface area (Å²) in [6.45, 7) is 10.7. The number of hydrogen-bond acceptors (Lipinski definition) is 2. The second kappa shape index (κ2) is 5.81. The molecule has 1 rings (SSSR count). The number of hydrazine groups is 1. The van der Waals surface area contributed by atoms with Crippen LogP contribution in [0.5, 0.6) is 0 Å². The van der Waals surface area contributed by atoms with Gasteiger partial charge in [-0.25, -0.2) is 4.39 Å². The van der Waals surface area contributed by atoms with E-state index in [2.05, 4.69) is 33.1 Å². The summed E-state index contributed by atoms with van der Waals surface area (Å²) in [5, 5.41) is 0. The molecule has 0 amide bonds. The van der Waals surface area contributed by atoms with Gasteiger partial charge in [0.2, 0.25) is 0 Å². The van der Waals surface area contributed by atoms with Crippen LogP contribution in [0.2, 0.25) is 0 Å². The Labute approximate surface area is 110 Å². The highest BCUT2D eigenvalue weighted by molar-refractivity contribution is 5.26. The Kier molecular flexibility index (Phi) is 4.88. The van der Waals surface area contributed by atoms with Crippen molar-refractivity contribution in [2.24, 2.45) is 17.2 Å². The molecule has 2 atom stereocenters. The molecule has 0 radical (unpaired) electrons. The van der Waals surface area contributed by atoms with Gasteiger partial charge in [0.25, 0.3) is 0 Å². The fourth-order valence-electron chi connectivity index (χ4n) is 1.97. The Morgan fingerprint density at radius 3 is 2.33 bits per heavy atom. The molecule has 102 valence electrons. The molecule has 2 unspecified atom stereocenters. The zero-order chi connectivity index (χ0) is 13.9.